The molecule has 2 aromatic rings. The number of terminal acetylenes is 1. The maximum atomic E-state index is 12.6. The Balaban J connectivity index is 1.93. The molecule has 4 heteroatoms. The first kappa shape index (κ1) is 14.0. The molecule has 0 spiro atoms. The van der Waals surface area contributed by atoms with E-state index in [1.807, 2.05) is 30.3 Å². The number of phenolic OH excluding ortho intramolecular Hbond substituents is 1. The zero-order valence-corrected chi connectivity index (χ0v) is 11.9. The van der Waals surface area contributed by atoms with Gasteiger partial charge in [-0.05, 0) is 17.7 Å². The van der Waals surface area contributed by atoms with E-state index in [9.17, 15) is 9.90 Å². The van der Waals surface area contributed by atoms with Crippen molar-refractivity contribution in [3.05, 3.63) is 54.1 Å². The minimum Gasteiger partial charge on any atom is -0.508 e. The van der Waals surface area contributed by atoms with Gasteiger partial charge in [0.2, 0.25) is 0 Å². The minimum atomic E-state index is -0.618. The van der Waals surface area contributed by atoms with Crippen molar-refractivity contribution >= 4 is 11.6 Å². The number of fused-ring (bicyclic) bond motifs is 1. The number of hydrogen-bond acceptors (Lipinski definition) is 3. The second-order valence-electron chi connectivity index (χ2n) is 5.08. The van der Waals surface area contributed by atoms with Crippen molar-refractivity contribution in [3.8, 4) is 23.8 Å². The van der Waals surface area contributed by atoms with E-state index in [0.717, 1.165) is 5.56 Å². The van der Waals surface area contributed by atoms with E-state index in [1.165, 1.54) is 17.0 Å². The second kappa shape index (κ2) is 5.82. The highest BCUT2D eigenvalue weighted by atomic mass is 16.5. The van der Waals surface area contributed by atoms with Gasteiger partial charge in [-0.1, -0.05) is 36.3 Å². The number of rotatable bonds is 3. The van der Waals surface area contributed by atoms with Crippen LogP contribution in [-0.2, 0) is 11.2 Å². The highest BCUT2D eigenvalue weighted by Gasteiger charge is 2.34. The molecule has 1 atom stereocenters. The Hall–Kier alpha value is -2.93. The molecule has 0 aromatic heterocycles. The largest absolute Gasteiger partial charge is 0.508 e. The van der Waals surface area contributed by atoms with Crippen LogP contribution < -0.4 is 9.64 Å². The maximum absolute atomic E-state index is 12.6. The highest BCUT2D eigenvalue weighted by Crippen LogP contribution is 2.37. The molecule has 1 heterocycles. The van der Waals surface area contributed by atoms with Crippen LogP contribution >= 0.6 is 0 Å². The lowest BCUT2D eigenvalue weighted by Crippen LogP contribution is -2.47. The Labute approximate surface area is 129 Å². The summed E-state index contributed by atoms with van der Waals surface area (Å²) in [4.78, 5) is 14.1. The number of hydrogen-bond donors (Lipinski definition) is 1. The van der Waals surface area contributed by atoms with E-state index < -0.39 is 6.10 Å². The summed E-state index contributed by atoms with van der Waals surface area (Å²) in [6.45, 7) is 0.143. The number of benzene rings is 2. The van der Waals surface area contributed by atoms with Crippen LogP contribution in [0.1, 0.15) is 5.56 Å². The molecule has 0 saturated carbocycles. The number of carbonyl (C=O) groups is 1. The predicted octanol–water partition coefficient (Wildman–Crippen LogP) is 2.36. The number of nitrogens with zero attached hydrogens (tertiary/aromatic N) is 1. The van der Waals surface area contributed by atoms with Crippen molar-refractivity contribution < 1.29 is 14.6 Å². The molecule has 0 fully saturated rings. The molecule has 22 heavy (non-hydrogen) atoms. The fraction of sp³-hybridized carbons (Fsp3) is 0.167. The van der Waals surface area contributed by atoms with Crippen molar-refractivity contribution in [2.45, 2.75) is 12.5 Å². The SMILES string of the molecule is C#CCN1C(=O)C(Cc2ccccc2)Oc2ccc(O)cc21. The molecule has 2 aromatic carbocycles. The molecule has 1 aliphatic heterocycles. The van der Waals surface area contributed by atoms with Gasteiger partial charge < -0.3 is 9.84 Å². The average molecular weight is 293 g/mol. The Bertz CT molecular complexity index is 734. The van der Waals surface area contributed by atoms with Crippen LogP contribution in [0.4, 0.5) is 5.69 Å². The summed E-state index contributed by atoms with van der Waals surface area (Å²) in [6.07, 6.45) is 5.22. The number of anilines is 1. The Morgan fingerprint density at radius 2 is 2.00 bits per heavy atom. The standard InChI is InChI=1S/C18H15NO3/c1-2-10-19-15-12-14(20)8-9-16(15)22-17(18(19)21)11-13-6-4-3-5-7-13/h1,3-9,12,17,20H,10-11H2. The smallest absolute Gasteiger partial charge is 0.269 e. The van der Waals surface area contributed by atoms with Gasteiger partial charge in [-0.2, -0.15) is 0 Å². The number of ether oxygens (including phenoxy) is 1. The number of phenols is 1. The molecular formula is C18H15NO3. The van der Waals surface area contributed by atoms with Crippen LogP contribution in [0.25, 0.3) is 0 Å². The van der Waals surface area contributed by atoms with E-state index >= 15 is 0 Å². The maximum Gasteiger partial charge on any atom is 0.269 e. The molecule has 110 valence electrons. The van der Waals surface area contributed by atoms with Gasteiger partial charge in [0.25, 0.3) is 5.91 Å². The summed E-state index contributed by atoms with van der Waals surface area (Å²) in [6, 6.07) is 14.4. The van der Waals surface area contributed by atoms with E-state index in [4.69, 9.17) is 11.2 Å². The van der Waals surface area contributed by atoms with Crippen molar-refractivity contribution in [1.29, 1.82) is 0 Å². The quantitative estimate of drug-likeness (QED) is 0.884. The summed E-state index contributed by atoms with van der Waals surface area (Å²) in [5.41, 5.74) is 1.52. The second-order valence-corrected chi connectivity index (χ2v) is 5.08. The van der Waals surface area contributed by atoms with Gasteiger partial charge in [0.05, 0.1) is 12.2 Å². The molecule has 0 bridgehead atoms. The topological polar surface area (TPSA) is 49.8 Å². The van der Waals surface area contributed by atoms with Crippen LogP contribution in [0.2, 0.25) is 0 Å². The normalized spacial score (nSPS) is 16.6. The third-order valence-electron chi connectivity index (χ3n) is 3.56. The molecule has 0 saturated heterocycles. The van der Waals surface area contributed by atoms with E-state index in [0.29, 0.717) is 17.9 Å². The number of amides is 1. The lowest BCUT2D eigenvalue weighted by molar-refractivity contribution is -0.126. The zero-order chi connectivity index (χ0) is 15.5. The summed E-state index contributed by atoms with van der Waals surface area (Å²) in [5, 5.41) is 9.62. The van der Waals surface area contributed by atoms with Crippen molar-refractivity contribution in [2.24, 2.45) is 0 Å². The van der Waals surface area contributed by atoms with Crippen LogP contribution in [0.5, 0.6) is 11.5 Å². The fourth-order valence-corrected chi connectivity index (χ4v) is 2.52. The molecule has 1 amide bonds. The Morgan fingerprint density at radius 1 is 1.23 bits per heavy atom. The van der Waals surface area contributed by atoms with Crippen LogP contribution in [0.15, 0.2) is 48.5 Å². The molecule has 4 nitrogen and oxygen atoms in total. The Morgan fingerprint density at radius 3 is 2.73 bits per heavy atom. The van der Waals surface area contributed by atoms with Crippen LogP contribution in [0, 0.1) is 12.3 Å². The van der Waals surface area contributed by atoms with E-state index in [1.54, 1.807) is 6.07 Å². The first-order valence-corrected chi connectivity index (χ1v) is 6.97. The molecule has 1 aliphatic rings. The minimum absolute atomic E-state index is 0.0682. The predicted molar refractivity (Wildman–Crippen MR) is 83.9 cm³/mol. The van der Waals surface area contributed by atoms with Gasteiger partial charge in [0.1, 0.15) is 11.5 Å². The third-order valence-corrected chi connectivity index (χ3v) is 3.56. The average Bonchev–Trinajstić information content (AvgIpc) is 2.53. The first-order chi connectivity index (χ1) is 10.7. The lowest BCUT2D eigenvalue weighted by atomic mass is 10.0. The molecule has 1 unspecified atom stereocenters. The lowest BCUT2D eigenvalue weighted by Gasteiger charge is -2.33. The molecular weight excluding hydrogens is 278 g/mol. The monoisotopic (exact) mass is 293 g/mol. The van der Waals surface area contributed by atoms with Gasteiger partial charge in [-0.25, -0.2) is 0 Å². The van der Waals surface area contributed by atoms with Gasteiger partial charge in [-0.3, -0.25) is 9.69 Å². The highest BCUT2D eigenvalue weighted by molar-refractivity contribution is 6.00. The molecule has 0 aliphatic carbocycles. The van der Waals surface area contributed by atoms with Gasteiger partial charge in [0, 0.05) is 12.5 Å². The van der Waals surface area contributed by atoms with Crippen molar-refractivity contribution in [2.75, 3.05) is 11.4 Å². The van der Waals surface area contributed by atoms with Gasteiger partial charge >= 0.3 is 0 Å². The third kappa shape index (κ3) is 2.61. The Kier molecular flexibility index (Phi) is 3.71. The fourth-order valence-electron chi connectivity index (χ4n) is 2.52. The van der Waals surface area contributed by atoms with Crippen LogP contribution in [0.3, 0.4) is 0 Å². The number of aromatic hydroxyl groups is 1. The van der Waals surface area contributed by atoms with Gasteiger partial charge in [0.15, 0.2) is 6.10 Å². The summed E-state index contributed by atoms with van der Waals surface area (Å²) in [5.74, 6) is 2.90. The summed E-state index contributed by atoms with van der Waals surface area (Å²) < 4.78 is 5.81. The van der Waals surface area contributed by atoms with E-state index in [-0.39, 0.29) is 18.2 Å². The van der Waals surface area contributed by atoms with Crippen molar-refractivity contribution in [3.63, 3.8) is 0 Å². The molecule has 3 rings (SSSR count). The first-order valence-electron chi connectivity index (χ1n) is 6.97. The zero-order valence-electron chi connectivity index (χ0n) is 11.9. The van der Waals surface area contributed by atoms with Gasteiger partial charge in [-0.15, -0.1) is 6.42 Å². The molecule has 0 radical (unpaired) electrons. The molecule has 1 N–H and O–H groups in total. The van der Waals surface area contributed by atoms with E-state index in [2.05, 4.69) is 5.92 Å². The number of carbonyl (C=O) groups excluding carboxylic acids is 1. The summed E-state index contributed by atoms with van der Waals surface area (Å²) >= 11 is 0. The van der Waals surface area contributed by atoms with Crippen molar-refractivity contribution in [1.82, 2.24) is 0 Å². The van der Waals surface area contributed by atoms with Crippen LogP contribution in [-0.4, -0.2) is 23.7 Å². The summed E-state index contributed by atoms with van der Waals surface area (Å²) in [7, 11) is 0.